The molecule has 1 atom stereocenters. The molecule has 160 valence electrons. The summed E-state index contributed by atoms with van der Waals surface area (Å²) < 4.78 is 13.1. The largest absolute Gasteiger partial charge is 0.369 e. The molecule has 1 fully saturated rings. The second-order valence-corrected chi connectivity index (χ2v) is 7.29. The van der Waals surface area contributed by atoms with E-state index < -0.39 is 11.8 Å². The van der Waals surface area contributed by atoms with Crippen LogP contribution in [0.25, 0.3) is 0 Å². The fraction of sp³-hybridized carbons (Fsp3) is 0.409. The summed E-state index contributed by atoms with van der Waals surface area (Å²) in [5.74, 6) is 0.611. The smallest absolute Gasteiger partial charge is 0.222 e. The lowest BCUT2D eigenvalue weighted by Gasteiger charge is -2.37. The third kappa shape index (κ3) is 5.92. The van der Waals surface area contributed by atoms with Crippen molar-refractivity contribution in [2.75, 3.05) is 44.2 Å². The predicted octanol–water partition coefficient (Wildman–Crippen LogP) is 1.65. The molecule has 3 rings (SSSR count). The van der Waals surface area contributed by atoms with Gasteiger partial charge in [0.25, 0.3) is 0 Å². The maximum atomic E-state index is 13.1. The van der Waals surface area contributed by atoms with Gasteiger partial charge in [-0.3, -0.25) is 9.79 Å². The second-order valence-electron chi connectivity index (χ2n) is 7.29. The number of nitrogens with one attached hydrogen (secondary N) is 1. The highest BCUT2D eigenvalue weighted by molar-refractivity contribution is 5.81. The fourth-order valence-electron chi connectivity index (χ4n) is 3.47. The summed E-state index contributed by atoms with van der Waals surface area (Å²) in [6, 6.07) is 12.1. The Morgan fingerprint density at radius 3 is 2.53 bits per heavy atom. The molecule has 30 heavy (non-hydrogen) atoms. The van der Waals surface area contributed by atoms with E-state index in [2.05, 4.69) is 20.1 Å². The minimum absolute atomic E-state index is 0.287. The molecule has 2 aromatic rings. The van der Waals surface area contributed by atoms with Gasteiger partial charge in [-0.2, -0.15) is 0 Å². The number of anilines is 1. The number of nitrogens with two attached hydrogens (primary N) is 1. The number of rotatable bonds is 7. The van der Waals surface area contributed by atoms with Crippen molar-refractivity contribution in [2.24, 2.45) is 16.6 Å². The van der Waals surface area contributed by atoms with Gasteiger partial charge in [0.2, 0.25) is 5.91 Å². The van der Waals surface area contributed by atoms with Crippen LogP contribution in [0.4, 0.5) is 10.2 Å². The van der Waals surface area contributed by atoms with Crippen LogP contribution < -0.4 is 16.0 Å². The van der Waals surface area contributed by atoms with E-state index in [-0.39, 0.29) is 12.4 Å². The van der Waals surface area contributed by atoms with Gasteiger partial charge in [-0.05, 0) is 43.2 Å². The molecule has 8 heteroatoms. The maximum absolute atomic E-state index is 13.1. The zero-order chi connectivity index (χ0) is 21.3. The highest BCUT2D eigenvalue weighted by atomic mass is 19.1. The Labute approximate surface area is 176 Å². The van der Waals surface area contributed by atoms with Gasteiger partial charge in [0, 0.05) is 38.9 Å². The Hall–Kier alpha value is -3.16. The number of carbonyl (C=O) groups excluding carboxylic acids is 1. The van der Waals surface area contributed by atoms with Crippen LogP contribution in [-0.4, -0.2) is 61.0 Å². The Morgan fingerprint density at radius 2 is 1.93 bits per heavy atom. The average molecular weight is 413 g/mol. The third-order valence-electron chi connectivity index (χ3n) is 5.15. The topological polar surface area (TPSA) is 86.8 Å². The minimum atomic E-state index is -0.445. The Balaban J connectivity index is 1.62. The van der Waals surface area contributed by atoms with Crippen LogP contribution in [-0.2, 0) is 11.2 Å². The molecule has 2 heterocycles. The summed E-state index contributed by atoms with van der Waals surface area (Å²) in [7, 11) is 0. The van der Waals surface area contributed by atoms with Crippen molar-refractivity contribution in [2.45, 2.75) is 13.3 Å². The average Bonchev–Trinajstić information content (AvgIpc) is 2.77. The number of guanidine groups is 1. The number of carbonyl (C=O) groups is 1. The van der Waals surface area contributed by atoms with Crippen molar-refractivity contribution in [3.05, 3.63) is 60.0 Å². The number of benzene rings is 1. The van der Waals surface area contributed by atoms with Crippen molar-refractivity contribution in [1.29, 1.82) is 0 Å². The number of hydrogen-bond donors (Lipinski definition) is 2. The van der Waals surface area contributed by atoms with Crippen LogP contribution in [0.3, 0.4) is 0 Å². The van der Waals surface area contributed by atoms with Crippen LogP contribution in [0, 0.1) is 11.7 Å². The molecular weight excluding hydrogens is 383 g/mol. The molecule has 0 bridgehead atoms. The first-order valence-corrected chi connectivity index (χ1v) is 10.3. The minimum Gasteiger partial charge on any atom is -0.369 e. The Bertz CT molecular complexity index is 834. The quantitative estimate of drug-likeness (QED) is 0.534. The number of amides is 1. The maximum Gasteiger partial charge on any atom is 0.222 e. The highest BCUT2D eigenvalue weighted by Gasteiger charge is 2.22. The molecule has 7 nitrogen and oxygen atoms in total. The predicted molar refractivity (Wildman–Crippen MR) is 117 cm³/mol. The highest BCUT2D eigenvalue weighted by Crippen LogP contribution is 2.14. The molecule has 3 N–H and O–H groups in total. The molecule has 1 amide bonds. The molecule has 1 aliphatic rings. The zero-order valence-corrected chi connectivity index (χ0v) is 17.3. The third-order valence-corrected chi connectivity index (χ3v) is 5.15. The van der Waals surface area contributed by atoms with Gasteiger partial charge in [0.1, 0.15) is 11.6 Å². The van der Waals surface area contributed by atoms with Crippen molar-refractivity contribution in [1.82, 2.24) is 15.2 Å². The normalized spacial score (nSPS) is 15.7. The lowest BCUT2D eigenvalue weighted by molar-refractivity contribution is -0.121. The number of piperazine rings is 1. The monoisotopic (exact) mass is 412 g/mol. The SMILES string of the molecule is CCNC(=NCC(Cc1ccc(F)cc1)C(N)=O)N1CCN(c2ccccn2)CC1. The Morgan fingerprint density at radius 1 is 1.20 bits per heavy atom. The van der Waals surface area contributed by atoms with Crippen molar-refractivity contribution in [3.8, 4) is 0 Å². The van der Waals surface area contributed by atoms with Gasteiger partial charge < -0.3 is 20.9 Å². The van der Waals surface area contributed by atoms with E-state index in [1.165, 1.54) is 12.1 Å². The van der Waals surface area contributed by atoms with E-state index in [0.29, 0.717) is 6.42 Å². The zero-order valence-electron chi connectivity index (χ0n) is 17.3. The molecule has 1 aromatic heterocycles. The molecule has 1 unspecified atom stereocenters. The molecule has 1 aliphatic heterocycles. The van der Waals surface area contributed by atoms with Crippen molar-refractivity contribution in [3.63, 3.8) is 0 Å². The molecular formula is C22H29FN6O. The summed E-state index contributed by atoms with van der Waals surface area (Å²) in [5, 5.41) is 3.31. The van der Waals surface area contributed by atoms with Gasteiger partial charge in [-0.15, -0.1) is 0 Å². The number of hydrogen-bond acceptors (Lipinski definition) is 4. The number of halogens is 1. The first-order chi connectivity index (χ1) is 14.6. The van der Waals surface area contributed by atoms with E-state index in [9.17, 15) is 9.18 Å². The molecule has 0 aliphatic carbocycles. The first kappa shape index (κ1) is 21.5. The summed E-state index contributed by atoms with van der Waals surface area (Å²) >= 11 is 0. The summed E-state index contributed by atoms with van der Waals surface area (Å²) in [4.78, 5) is 25.5. The van der Waals surface area contributed by atoms with Crippen LogP contribution in [0.5, 0.6) is 0 Å². The lowest BCUT2D eigenvalue weighted by atomic mass is 9.99. The number of aliphatic imine (C=N–C) groups is 1. The van der Waals surface area contributed by atoms with Crippen LogP contribution >= 0.6 is 0 Å². The van der Waals surface area contributed by atoms with Crippen LogP contribution in [0.2, 0.25) is 0 Å². The summed E-state index contributed by atoms with van der Waals surface area (Å²) in [5.41, 5.74) is 6.47. The van der Waals surface area contributed by atoms with Crippen molar-refractivity contribution >= 4 is 17.7 Å². The molecule has 0 saturated carbocycles. The van der Waals surface area contributed by atoms with E-state index in [4.69, 9.17) is 10.7 Å². The standard InChI is InChI=1S/C22H29FN6O/c1-2-25-22(29-13-11-28(12-14-29)20-5-3-4-10-26-20)27-16-18(21(24)30)15-17-6-8-19(23)9-7-17/h3-10,18H,2,11-16H2,1H3,(H2,24,30)(H,25,27). The van der Waals surface area contributed by atoms with Gasteiger partial charge >= 0.3 is 0 Å². The Kier molecular flexibility index (Phi) is 7.59. The molecule has 1 aromatic carbocycles. The molecule has 0 radical (unpaired) electrons. The number of pyridine rings is 1. The first-order valence-electron chi connectivity index (χ1n) is 10.3. The summed E-state index contributed by atoms with van der Waals surface area (Å²) in [6.07, 6.45) is 2.24. The number of nitrogens with zero attached hydrogens (tertiary/aromatic N) is 4. The molecule has 0 spiro atoms. The van der Waals surface area contributed by atoms with Crippen LogP contribution in [0.1, 0.15) is 12.5 Å². The van der Waals surface area contributed by atoms with Gasteiger partial charge in [-0.25, -0.2) is 9.37 Å². The fourth-order valence-corrected chi connectivity index (χ4v) is 3.47. The van der Waals surface area contributed by atoms with Gasteiger partial charge in [0.05, 0.1) is 12.5 Å². The number of aromatic nitrogens is 1. The summed E-state index contributed by atoms with van der Waals surface area (Å²) in [6.45, 7) is 6.34. The van der Waals surface area contributed by atoms with Gasteiger partial charge in [-0.1, -0.05) is 18.2 Å². The van der Waals surface area contributed by atoms with Crippen molar-refractivity contribution < 1.29 is 9.18 Å². The van der Waals surface area contributed by atoms with Gasteiger partial charge in [0.15, 0.2) is 5.96 Å². The van der Waals surface area contributed by atoms with E-state index in [1.54, 1.807) is 18.3 Å². The molecule has 1 saturated heterocycles. The van der Waals surface area contributed by atoms with E-state index in [0.717, 1.165) is 50.1 Å². The van der Waals surface area contributed by atoms with E-state index in [1.807, 2.05) is 25.1 Å². The number of primary amides is 1. The second kappa shape index (κ2) is 10.6. The van der Waals surface area contributed by atoms with Crippen LogP contribution in [0.15, 0.2) is 53.7 Å². The lowest BCUT2D eigenvalue weighted by Crippen LogP contribution is -2.53. The van der Waals surface area contributed by atoms with E-state index >= 15 is 0 Å².